The molecule has 0 bridgehead atoms. The Morgan fingerprint density at radius 3 is 2.59 bits per heavy atom. The van der Waals surface area contributed by atoms with Crippen LogP contribution in [0, 0.1) is 0 Å². The van der Waals surface area contributed by atoms with Crippen LogP contribution in [0.2, 0.25) is 10.0 Å². The highest BCUT2D eigenvalue weighted by Crippen LogP contribution is 2.34. The predicted molar refractivity (Wildman–Crippen MR) is 135 cm³/mol. The molecule has 3 heterocycles. The first-order valence-electron chi connectivity index (χ1n) is 9.96. The van der Waals surface area contributed by atoms with E-state index >= 15 is 0 Å². The predicted octanol–water partition coefficient (Wildman–Crippen LogP) is 6.98. The molecule has 0 aliphatic rings. The lowest BCUT2D eigenvalue weighted by molar-refractivity contribution is 0.603. The lowest BCUT2D eigenvalue weighted by Crippen LogP contribution is -2.17. The second kappa shape index (κ2) is 8.56. The van der Waals surface area contributed by atoms with Gasteiger partial charge in [-0.2, -0.15) is 4.98 Å². The van der Waals surface area contributed by atoms with Crippen molar-refractivity contribution in [2.45, 2.75) is 30.8 Å². The molecule has 0 fully saturated rings. The Labute approximate surface area is 202 Å². The van der Waals surface area contributed by atoms with Gasteiger partial charge < -0.3 is 4.57 Å². The molecular weight excluding hydrogens is 483 g/mol. The molecule has 3 aromatic heterocycles. The molecule has 5 rings (SSSR count). The van der Waals surface area contributed by atoms with Crippen molar-refractivity contribution in [2.75, 3.05) is 0 Å². The van der Waals surface area contributed by atoms with Gasteiger partial charge >= 0.3 is 5.56 Å². The van der Waals surface area contributed by atoms with Crippen LogP contribution < -0.4 is 5.56 Å². The Morgan fingerprint density at radius 2 is 1.84 bits per heavy atom. The second-order valence-corrected chi connectivity index (χ2v) is 10.3. The molecule has 9 heteroatoms. The minimum Gasteiger partial charge on any atom is -0.314 e. The molecule has 162 valence electrons. The van der Waals surface area contributed by atoms with Crippen molar-refractivity contribution in [3.05, 3.63) is 80.1 Å². The zero-order valence-corrected chi connectivity index (χ0v) is 20.4. The monoisotopic (exact) mass is 500 g/mol. The Morgan fingerprint density at radius 1 is 1.09 bits per heavy atom. The van der Waals surface area contributed by atoms with Crippen molar-refractivity contribution in [3.63, 3.8) is 0 Å². The molecule has 0 aliphatic carbocycles. The number of benzene rings is 2. The summed E-state index contributed by atoms with van der Waals surface area (Å²) >= 11 is 15.6. The van der Waals surface area contributed by atoms with Gasteiger partial charge in [-0.1, -0.05) is 35.0 Å². The van der Waals surface area contributed by atoms with Crippen LogP contribution in [0.15, 0.2) is 64.1 Å². The van der Waals surface area contributed by atoms with E-state index in [1.165, 1.54) is 16.5 Å². The Balaban J connectivity index is 1.67. The molecular formula is C23H18Cl2N4OS2. The molecule has 32 heavy (non-hydrogen) atoms. The number of rotatable bonds is 5. The average Bonchev–Trinajstić information content (AvgIpc) is 3.38. The van der Waals surface area contributed by atoms with Crippen molar-refractivity contribution in [1.29, 1.82) is 0 Å². The Bertz CT molecular complexity index is 1500. The largest absolute Gasteiger partial charge is 0.314 e. The number of halogens is 2. The normalized spacial score (nSPS) is 11.8. The maximum absolute atomic E-state index is 12.8. The number of hydrogen-bond acceptors (Lipinski definition) is 5. The van der Waals surface area contributed by atoms with Gasteiger partial charge in [-0.3, -0.25) is 9.36 Å². The first kappa shape index (κ1) is 21.5. The van der Waals surface area contributed by atoms with Crippen molar-refractivity contribution >= 4 is 67.6 Å². The quantitative estimate of drug-likeness (QED) is 0.193. The number of fused-ring (bicyclic) bond motifs is 2. The minimum absolute atomic E-state index is 0.126. The highest BCUT2D eigenvalue weighted by atomic mass is 35.5. The van der Waals surface area contributed by atoms with Gasteiger partial charge in [-0.25, -0.2) is 4.98 Å². The smallest absolute Gasteiger partial charge is 0.301 e. The van der Waals surface area contributed by atoms with Gasteiger partial charge in [0.25, 0.3) is 0 Å². The molecule has 0 aliphatic heterocycles. The zero-order chi connectivity index (χ0) is 22.4. The topological polar surface area (TPSA) is 52.7 Å². The third-order valence-corrected chi connectivity index (χ3v) is 7.67. The standard InChI is InChI=1S/C23H18Cl2N4OS2/c1-13(2)28-12-26-20-21(30)27-23(29(22(20)28)17-6-3-15(24)4-7-17)32-11-14-10-31-19-8-5-16(25)9-18(14)19/h3-10,12-13H,11H2,1-2H3. The molecule has 0 spiro atoms. The Hall–Kier alpha value is -2.32. The van der Waals surface area contributed by atoms with Crippen molar-refractivity contribution in [1.82, 2.24) is 19.1 Å². The fraction of sp³-hybridized carbons (Fsp3) is 0.174. The van der Waals surface area contributed by atoms with Crippen LogP contribution in [0.3, 0.4) is 0 Å². The average molecular weight is 501 g/mol. The van der Waals surface area contributed by atoms with E-state index in [0.717, 1.165) is 22.3 Å². The van der Waals surface area contributed by atoms with Crippen LogP contribution in [0.25, 0.3) is 26.9 Å². The lowest BCUT2D eigenvalue weighted by atomic mass is 10.2. The highest BCUT2D eigenvalue weighted by Gasteiger charge is 2.19. The number of thioether (sulfide) groups is 1. The molecule has 5 nitrogen and oxygen atoms in total. The van der Waals surface area contributed by atoms with Gasteiger partial charge in [0, 0.05) is 32.2 Å². The number of imidazole rings is 1. The van der Waals surface area contributed by atoms with Gasteiger partial charge in [0.15, 0.2) is 16.3 Å². The summed E-state index contributed by atoms with van der Waals surface area (Å²) in [7, 11) is 0. The molecule has 0 saturated heterocycles. The van der Waals surface area contributed by atoms with E-state index in [9.17, 15) is 4.79 Å². The van der Waals surface area contributed by atoms with Gasteiger partial charge in [0.2, 0.25) is 0 Å². The first-order chi connectivity index (χ1) is 15.4. The summed E-state index contributed by atoms with van der Waals surface area (Å²) in [5, 5.41) is 5.22. The second-order valence-electron chi connectivity index (χ2n) is 7.62. The summed E-state index contributed by atoms with van der Waals surface area (Å²) < 4.78 is 5.17. The summed E-state index contributed by atoms with van der Waals surface area (Å²) in [5.74, 6) is 0.654. The number of aromatic nitrogens is 4. The number of nitrogens with zero attached hydrogens (tertiary/aromatic N) is 4. The van der Waals surface area contributed by atoms with E-state index in [4.69, 9.17) is 23.2 Å². The van der Waals surface area contributed by atoms with Gasteiger partial charge in [0.05, 0.1) is 6.33 Å². The molecule has 5 aromatic rings. The lowest BCUT2D eigenvalue weighted by Gasteiger charge is -2.17. The van der Waals surface area contributed by atoms with Crippen LogP contribution in [0.4, 0.5) is 0 Å². The fourth-order valence-electron chi connectivity index (χ4n) is 3.61. The fourth-order valence-corrected chi connectivity index (χ4v) is 5.95. The van der Waals surface area contributed by atoms with E-state index in [2.05, 4.69) is 29.2 Å². The zero-order valence-electron chi connectivity index (χ0n) is 17.3. The number of hydrogen-bond donors (Lipinski definition) is 0. The van der Waals surface area contributed by atoms with Gasteiger partial charge in [-0.15, -0.1) is 11.3 Å². The third kappa shape index (κ3) is 3.83. The minimum atomic E-state index is -0.328. The third-order valence-electron chi connectivity index (χ3n) is 5.18. The van der Waals surface area contributed by atoms with Crippen molar-refractivity contribution in [2.24, 2.45) is 0 Å². The molecule has 0 radical (unpaired) electrons. The molecule has 0 amide bonds. The summed E-state index contributed by atoms with van der Waals surface area (Å²) in [6.45, 7) is 4.12. The molecule has 0 saturated carbocycles. The van der Waals surface area contributed by atoms with Crippen LogP contribution in [0.1, 0.15) is 25.5 Å². The first-order valence-corrected chi connectivity index (χ1v) is 12.6. The Kier molecular flexibility index (Phi) is 5.75. The van der Waals surface area contributed by atoms with Crippen LogP contribution in [-0.2, 0) is 5.75 Å². The summed E-state index contributed by atoms with van der Waals surface area (Å²) in [4.78, 5) is 21.6. The van der Waals surface area contributed by atoms with Crippen molar-refractivity contribution < 1.29 is 0 Å². The summed E-state index contributed by atoms with van der Waals surface area (Å²) in [6, 6.07) is 13.6. The van der Waals surface area contributed by atoms with E-state index in [-0.39, 0.29) is 11.6 Å². The molecule has 0 N–H and O–H groups in total. The van der Waals surface area contributed by atoms with Crippen LogP contribution >= 0.6 is 46.3 Å². The van der Waals surface area contributed by atoms with Crippen LogP contribution in [-0.4, -0.2) is 19.1 Å². The maximum atomic E-state index is 12.8. The van der Waals surface area contributed by atoms with Gasteiger partial charge in [0.1, 0.15) is 0 Å². The number of thiophene rings is 1. The summed E-state index contributed by atoms with van der Waals surface area (Å²) in [5.41, 5.74) is 2.78. The molecule has 0 unspecified atom stereocenters. The van der Waals surface area contributed by atoms with Crippen LogP contribution in [0.5, 0.6) is 0 Å². The SMILES string of the molecule is CC(C)n1cnc2c(=O)nc(SCc3csc4ccc(Cl)cc34)n(-c3ccc(Cl)cc3)c21. The van der Waals surface area contributed by atoms with E-state index in [0.29, 0.717) is 26.5 Å². The van der Waals surface area contributed by atoms with E-state index < -0.39 is 0 Å². The maximum Gasteiger partial charge on any atom is 0.301 e. The molecule has 2 aromatic carbocycles. The van der Waals surface area contributed by atoms with Crippen molar-refractivity contribution in [3.8, 4) is 5.69 Å². The van der Waals surface area contributed by atoms with Gasteiger partial charge in [-0.05, 0) is 72.6 Å². The summed E-state index contributed by atoms with van der Waals surface area (Å²) in [6.07, 6.45) is 1.70. The van der Waals surface area contributed by atoms with E-state index in [1.807, 2.05) is 51.6 Å². The highest BCUT2D eigenvalue weighted by molar-refractivity contribution is 7.98. The van der Waals surface area contributed by atoms with E-state index in [1.54, 1.807) is 17.7 Å². The molecule has 0 atom stereocenters.